The lowest BCUT2D eigenvalue weighted by Gasteiger charge is -2.23. The van der Waals surface area contributed by atoms with Crippen molar-refractivity contribution in [3.05, 3.63) is 17.5 Å². The number of nitrogens with zero attached hydrogens (tertiary/aromatic N) is 2. The van der Waals surface area contributed by atoms with Crippen LogP contribution in [-0.2, 0) is 0 Å². The van der Waals surface area contributed by atoms with Gasteiger partial charge in [-0.2, -0.15) is 5.10 Å². The Bertz CT molecular complexity index is 462. The molecule has 0 aromatic carbocycles. The third kappa shape index (κ3) is 2.75. The van der Waals surface area contributed by atoms with Crippen molar-refractivity contribution in [3.63, 3.8) is 0 Å². The van der Waals surface area contributed by atoms with Crippen molar-refractivity contribution in [2.24, 2.45) is 0 Å². The number of hydrogen-bond acceptors (Lipinski definition) is 3. The van der Waals surface area contributed by atoms with E-state index in [1.807, 2.05) is 0 Å². The summed E-state index contributed by atoms with van der Waals surface area (Å²) in [5.74, 6) is -1.43. The minimum absolute atomic E-state index is 0.494. The van der Waals surface area contributed by atoms with Crippen LogP contribution in [0.25, 0.3) is 0 Å². The van der Waals surface area contributed by atoms with E-state index >= 15 is 0 Å². The number of aliphatic hydroxyl groups excluding tert-OH is 1. The Labute approximate surface area is 108 Å². The molecule has 0 aliphatic heterocycles. The summed E-state index contributed by atoms with van der Waals surface area (Å²) < 4.78 is 27.1. The Morgan fingerprint density at radius 3 is 2.68 bits per heavy atom. The van der Waals surface area contributed by atoms with E-state index in [4.69, 9.17) is 5.11 Å². The number of rotatable bonds is 3. The zero-order chi connectivity index (χ0) is 14.0. The van der Waals surface area contributed by atoms with Gasteiger partial charge < -0.3 is 10.2 Å². The van der Waals surface area contributed by atoms with Crippen LogP contribution in [0.1, 0.15) is 60.6 Å². The summed E-state index contributed by atoms with van der Waals surface area (Å²) in [4.78, 5) is 10.9. The summed E-state index contributed by atoms with van der Waals surface area (Å²) in [6.45, 7) is 0. The largest absolute Gasteiger partial charge is 0.478 e. The van der Waals surface area contributed by atoms with Gasteiger partial charge in [0.2, 0.25) is 0 Å². The summed E-state index contributed by atoms with van der Waals surface area (Å²) in [5, 5.41) is 22.7. The molecule has 2 N–H and O–H groups in total. The van der Waals surface area contributed by atoms with Gasteiger partial charge in [-0.05, 0) is 12.8 Å². The maximum Gasteiger partial charge on any atom is 0.339 e. The third-order valence-corrected chi connectivity index (χ3v) is 3.53. The van der Waals surface area contributed by atoms with Crippen LogP contribution < -0.4 is 0 Å². The highest BCUT2D eigenvalue weighted by atomic mass is 19.3. The highest BCUT2D eigenvalue weighted by Crippen LogP contribution is 2.32. The van der Waals surface area contributed by atoms with E-state index in [0.29, 0.717) is 12.8 Å². The molecule has 1 fully saturated rings. The lowest BCUT2D eigenvalue weighted by Crippen LogP contribution is -2.26. The topological polar surface area (TPSA) is 75.3 Å². The molecule has 1 saturated carbocycles. The molecule has 7 heteroatoms. The molecule has 19 heavy (non-hydrogen) atoms. The molecule has 0 radical (unpaired) electrons. The van der Waals surface area contributed by atoms with Crippen LogP contribution >= 0.6 is 0 Å². The average Bonchev–Trinajstić information content (AvgIpc) is 2.67. The standard InChI is InChI=1S/C12H16F2N2O3/c13-11(14)10-7(12(18)19)6-15-16(10)8-4-2-1-3-5-9(8)17/h6,8-9,11,17H,1-5H2,(H,18,19). The lowest BCUT2D eigenvalue weighted by molar-refractivity contribution is 0.0663. The van der Waals surface area contributed by atoms with Crippen molar-refractivity contribution in [1.82, 2.24) is 9.78 Å². The van der Waals surface area contributed by atoms with E-state index in [0.717, 1.165) is 30.1 Å². The van der Waals surface area contributed by atoms with E-state index in [9.17, 15) is 18.7 Å². The number of carboxylic acid groups (broad SMARTS) is 1. The smallest absolute Gasteiger partial charge is 0.339 e. The maximum atomic E-state index is 13.1. The molecule has 1 aromatic rings. The molecule has 1 heterocycles. The summed E-state index contributed by atoms with van der Waals surface area (Å²) >= 11 is 0. The van der Waals surface area contributed by atoms with Crippen molar-refractivity contribution in [2.45, 2.75) is 50.7 Å². The second-order valence-corrected chi connectivity index (χ2v) is 4.77. The van der Waals surface area contributed by atoms with Gasteiger partial charge in [-0.15, -0.1) is 0 Å². The van der Waals surface area contributed by atoms with Gasteiger partial charge in [0.05, 0.1) is 18.3 Å². The predicted octanol–water partition coefficient (Wildman–Crippen LogP) is 2.39. The molecule has 1 aliphatic carbocycles. The van der Waals surface area contributed by atoms with E-state index in [-0.39, 0.29) is 0 Å². The monoisotopic (exact) mass is 274 g/mol. The van der Waals surface area contributed by atoms with E-state index in [1.54, 1.807) is 0 Å². The van der Waals surface area contributed by atoms with Crippen LogP contribution in [0.3, 0.4) is 0 Å². The summed E-state index contributed by atoms with van der Waals surface area (Å²) in [6, 6.07) is -0.570. The number of halogens is 2. The maximum absolute atomic E-state index is 13.1. The predicted molar refractivity (Wildman–Crippen MR) is 62.3 cm³/mol. The fourth-order valence-electron chi connectivity index (χ4n) is 2.57. The Kier molecular flexibility index (Phi) is 4.14. The average molecular weight is 274 g/mol. The van der Waals surface area contributed by atoms with Crippen molar-refractivity contribution in [1.29, 1.82) is 0 Å². The molecule has 0 spiro atoms. The van der Waals surface area contributed by atoms with Crippen LogP contribution in [0, 0.1) is 0 Å². The van der Waals surface area contributed by atoms with E-state index in [1.165, 1.54) is 0 Å². The summed E-state index contributed by atoms with van der Waals surface area (Å²) in [6.07, 6.45) is 0.885. The van der Waals surface area contributed by atoms with Crippen molar-refractivity contribution in [3.8, 4) is 0 Å². The molecule has 106 valence electrons. The SMILES string of the molecule is O=C(O)c1cnn(C2CCCCCC2O)c1C(F)F. The van der Waals surface area contributed by atoms with Crippen LogP contribution in [0.15, 0.2) is 6.20 Å². The molecule has 2 rings (SSSR count). The molecule has 0 saturated heterocycles. The zero-order valence-electron chi connectivity index (χ0n) is 10.3. The molecule has 0 bridgehead atoms. The highest BCUT2D eigenvalue weighted by Gasteiger charge is 2.31. The summed E-state index contributed by atoms with van der Waals surface area (Å²) in [7, 11) is 0. The van der Waals surface area contributed by atoms with Gasteiger partial charge in [-0.1, -0.05) is 19.3 Å². The van der Waals surface area contributed by atoms with Crippen molar-refractivity contribution >= 4 is 5.97 Å². The first kappa shape index (κ1) is 13.9. The van der Waals surface area contributed by atoms with Gasteiger partial charge in [-0.25, -0.2) is 13.6 Å². The highest BCUT2D eigenvalue weighted by molar-refractivity contribution is 5.88. The zero-order valence-corrected chi connectivity index (χ0v) is 10.3. The second-order valence-electron chi connectivity index (χ2n) is 4.77. The van der Waals surface area contributed by atoms with Gasteiger partial charge in [0.15, 0.2) is 0 Å². The number of aliphatic hydroxyl groups is 1. The molecule has 2 atom stereocenters. The number of aromatic nitrogens is 2. The Morgan fingerprint density at radius 1 is 1.37 bits per heavy atom. The fraction of sp³-hybridized carbons (Fsp3) is 0.667. The normalized spacial score (nSPS) is 24.4. The van der Waals surface area contributed by atoms with Crippen LogP contribution in [0.5, 0.6) is 0 Å². The molecular formula is C12H16F2N2O3. The van der Waals surface area contributed by atoms with Crippen molar-refractivity contribution < 1.29 is 23.8 Å². The summed E-state index contributed by atoms with van der Waals surface area (Å²) in [5.41, 5.74) is -1.11. The third-order valence-electron chi connectivity index (χ3n) is 3.53. The second kappa shape index (κ2) is 5.64. The van der Waals surface area contributed by atoms with Crippen LogP contribution in [-0.4, -0.2) is 32.1 Å². The number of carboxylic acids is 1. The lowest BCUT2D eigenvalue weighted by atomic mass is 10.1. The molecular weight excluding hydrogens is 258 g/mol. The van der Waals surface area contributed by atoms with Crippen LogP contribution in [0.4, 0.5) is 8.78 Å². The number of carbonyl (C=O) groups is 1. The molecule has 1 aromatic heterocycles. The van der Waals surface area contributed by atoms with Gasteiger partial charge in [0.25, 0.3) is 6.43 Å². The van der Waals surface area contributed by atoms with Gasteiger partial charge in [-0.3, -0.25) is 4.68 Å². The van der Waals surface area contributed by atoms with Gasteiger partial charge in [0, 0.05) is 0 Å². The number of hydrogen-bond donors (Lipinski definition) is 2. The first-order chi connectivity index (χ1) is 9.02. The van der Waals surface area contributed by atoms with Crippen molar-refractivity contribution in [2.75, 3.05) is 0 Å². The molecule has 0 amide bonds. The first-order valence-corrected chi connectivity index (χ1v) is 6.29. The van der Waals surface area contributed by atoms with E-state index in [2.05, 4.69) is 5.10 Å². The molecule has 1 aliphatic rings. The van der Waals surface area contributed by atoms with Gasteiger partial charge >= 0.3 is 5.97 Å². The Hall–Kier alpha value is -1.50. The minimum Gasteiger partial charge on any atom is -0.478 e. The Balaban J connectivity index is 2.40. The van der Waals surface area contributed by atoms with E-state index < -0.39 is 35.8 Å². The molecule has 2 unspecified atom stereocenters. The fourth-order valence-corrected chi connectivity index (χ4v) is 2.57. The Morgan fingerprint density at radius 2 is 2.05 bits per heavy atom. The first-order valence-electron chi connectivity index (χ1n) is 6.29. The van der Waals surface area contributed by atoms with Gasteiger partial charge in [0.1, 0.15) is 11.3 Å². The molecule has 5 nitrogen and oxygen atoms in total. The minimum atomic E-state index is -2.93. The quantitative estimate of drug-likeness (QED) is 0.830. The number of aromatic carboxylic acids is 1. The number of alkyl halides is 2. The van der Waals surface area contributed by atoms with Crippen LogP contribution in [0.2, 0.25) is 0 Å².